The number of benzene rings is 2. The van der Waals surface area contributed by atoms with Crippen LogP contribution in [-0.4, -0.2) is 46.8 Å². The molecule has 29 heavy (non-hydrogen) atoms. The van der Waals surface area contributed by atoms with Gasteiger partial charge < -0.3 is 9.64 Å². The molecule has 1 aromatic heterocycles. The van der Waals surface area contributed by atoms with Gasteiger partial charge in [0.25, 0.3) is 11.5 Å². The number of nitrogens with zero attached hydrogens (tertiary/aromatic N) is 3. The summed E-state index contributed by atoms with van der Waals surface area (Å²) in [5.41, 5.74) is 0.194. The number of hydrogen-bond acceptors (Lipinski definition) is 5. The standard InChI is InChI=1S/C22H23N3O4/c1-3-4-14-24(2)19(26)15-29-22(28)20-17-12-8-9-13-18(17)21(27)25(23-20)16-10-6-5-7-11-16/h5-13H,3-4,14-15H2,1-2H3. The van der Waals surface area contributed by atoms with Crippen molar-refractivity contribution in [2.75, 3.05) is 20.2 Å². The first-order valence-corrected chi connectivity index (χ1v) is 9.51. The van der Waals surface area contributed by atoms with E-state index in [1.807, 2.05) is 13.0 Å². The molecule has 0 atom stereocenters. The summed E-state index contributed by atoms with van der Waals surface area (Å²) in [5, 5.41) is 4.99. The summed E-state index contributed by atoms with van der Waals surface area (Å²) in [6.45, 7) is 2.27. The van der Waals surface area contributed by atoms with Crippen molar-refractivity contribution >= 4 is 22.6 Å². The summed E-state index contributed by atoms with van der Waals surface area (Å²) in [5.74, 6) is -1.03. The van der Waals surface area contributed by atoms with E-state index in [0.29, 0.717) is 23.0 Å². The lowest BCUT2D eigenvalue weighted by atomic mass is 10.1. The maximum atomic E-state index is 12.8. The van der Waals surface area contributed by atoms with Crippen LogP contribution in [0.1, 0.15) is 30.3 Å². The number of esters is 1. The zero-order valence-electron chi connectivity index (χ0n) is 16.5. The van der Waals surface area contributed by atoms with Crippen molar-refractivity contribution < 1.29 is 14.3 Å². The highest BCUT2D eigenvalue weighted by Gasteiger charge is 2.20. The third-order valence-corrected chi connectivity index (χ3v) is 4.60. The number of aromatic nitrogens is 2. The number of carbonyl (C=O) groups is 2. The lowest BCUT2D eigenvalue weighted by Gasteiger charge is -2.16. The smallest absolute Gasteiger partial charge is 0.359 e. The van der Waals surface area contributed by atoms with Gasteiger partial charge in [0.2, 0.25) is 0 Å². The molecule has 1 heterocycles. The van der Waals surface area contributed by atoms with Gasteiger partial charge in [0.1, 0.15) is 0 Å². The molecule has 0 N–H and O–H groups in total. The average Bonchev–Trinajstić information content (AvgIpc) is 2.76. The van der Waals surface area contributed by atoms with Gasteiger partial charge in [-0.3, -0.25) is 9.59 Å². The van der Waals surface area contributed by atoms with Crippen LogP contribution >= 0.6 is 0 Å². The molecule has 7 heteroatoms. The van der Waals surface area contributed by atoms with Gasteiger partial charge in [0, 0.05) is 19.0 Å². The van der Waals surface area contributed by atoms with Gasteiger partial charge in [-0.15, -0.1) is 0 Å². The van der Waals surface area contributed by atoms with Crippen molar-refractivity contribution in [3.05, 3.63) is 70.6 Å². The number of hydrogen-bond donors (Lipinski definition) is 0. The number of carbonyl (C=O) groups excluding carboxylic acids is 2. The van der Waals surface area contributed by atoms with E-state index in [1.54, 1.807) is 55.6 Å². The molecule has 3 aromatic rings. The number of rotatable bonds is 7. The Bertz CT molecular complexity index is 1080. The van der Waals surface area contributed by atoms with Crippen molar-refractivity contribution in [3.63, 3.8) is 0 Å². The lowest BCUT2D eigenvalue weighted by Crippen LogP contribution is -2.32. The molecule has 150 valence electrons. The van der Waals surface area contributed by atoms with Crippen molar-refractivity contribution in [3.8, 4) is 5.69 Å². The molecule has 0 fully saturated rings. The van der Waals surface area contributed by atoms with E-state index in [9.17, 15) is 14.4 Å². The van der Waals surface area contributed by atoms with Crippen molar-refractivity contribution in [2.24, 2.45) is 0 Å². The molecular formula is C22H23N3O4. The fraction of sp³-hybridized carbons (Fsp3) is 0.273. The summed E-state index contributed by atoms with van der Waals surface area (Å²) in [4.78, 5) is 39.3. The number of fused-ring (bicyclic) bond motifs is 1. The van der Waals surface area contributed by atoms with E-state index in [2.05, 4.69) is 5.10 Å². The molecule has 0 aliphatic rings. The SMILES string of the molecule is CCCCN(C)C(=O)COC(=O)c1nn(-c2ccccc2)c(=O)c2ccccc12. The quantitative estimate of drug-likeness (QED) is 0.577. The normalized spacial score (nSPS) is 10.7. The number of ether oxygens (including phenoxy) is 1. The van der Waals surface area contributed by atoms with Crippen molar-refractivity contribution in [1.82, 2.24) is 14.7 Å². The first kappa shape index (κ1) is 20.3. The fourth-order valence-corrected chi connectivity index (χ4v) is 2.91. The molecule has 7 nitrogen and oxygen atoms in total. The Hall–Kier alpha value is -3.48. The molecule has 3 rings (SSSR count). The third-order valence-electron chi connectivity index (χ3n) is 4.60. The van der Waals surface area contributed by atoms with E-state index in [-0.39, 0.29) is 23.8 Å². The molecule has 0 saturated carbocycles. The zero-order valence-corrected chi connectivity index (χ0v) is 16.5. The van der Waals surface area contributed by atoms with E-state index < -0.39 is 5.97 Å². The number of amides is 1. The Morgan fingerprint density at radius 1 is 1.03 bits per heavy atom. The van der Waals surface area contributed by atoms with Crippen LogP contribution in [0.25, 0.3) is 16.5 Å². The second-order valence-electron chi connectivity index (χ2n) is 6.69. The highest BCUT2D eigenvalue weighted by atomic mass is 16.5. The second kappa shape index (κ2) is 9.14. The monoisotopic (exact) mass is 393 g/mol. The van der Waals surface area contributed by atoms with E-state index in [1.165, 1.54) is 9.58 Å². The first-order chi connectivity index (χ1) is 14.0. The minimum absolute atomic E-state index is 0.00642. The average molecular weight is 393 g/mol. The Balaban J connectivity index is 1.92. The highest BCUT2D eigenvalue weighted by Crippen LogP contribution is 2.16. The molecule has 0 bridgehead atoms. The maximum absolute atomic E-state index is 12.8. The molecule has 0 radical (unpaired) electrons. The molecule has 0 saturated heterocycles. The van der Waals surface area contributed by atoms with Crippen LogP contribution in [0, 0.1) is 0 Å². The van der Waals surface area contributed by atoms with Gasteiger partial charge in [0.05, 0.1) is 11.1 Å². The predicted molar refractivity (Wildman–Crippen MR) is 110 cm³/mol. The third kappa shape index (κ3) is 4.51. The second-order valence-corrected chi connectivity index (χ2v) is 6.69. The number of unbranched alkanes of at least 4 members (excludes halogenated alkanes) is 1. The first-order valence-electron chi connectivity index (χ1n) is 9.51. The van der Waals surface area contributed by atoms with Gasteiger partial charge in [-0.1, -0.05) is 49.7 Å². The fourth-order valence-electron chi connectivity index (χ4n) is 2.91. The van der Waals surface area contributed by atoms with Gasteiger partial charge in [-0.05, 0) is 24.6 Å². The van der Waals surface area contributed by atoms with E-state index >= 15 is 0 Å². The van der Waals surface area contributed by atoms with Crippen molar-refractivity contribution in [2.45, 2.75) is 19.8 Å². The van der Waals surface area contributed by atoms with Crippen LogP contribution in [-0.2, 0) is 9.53 Å². The summed E-state index contributed by atoms with van der Waals surface area (Å²) in [6, 6.07) is 15.6. The summed E-state index contributed by atoms with van der Waals surface area (Å²) >= 11 is 0. The highest BCUT2D eigenvalue weighted by molar-refractivity contribution is 6.02. The predicted octanol–water partition coefficient (Wildman–Crippen LogP) is 2.80. The van der Waals surface area contributed by atoms with Gasteiger partial charge >= 0.3 is 5.97 Å². The Morgan fingerprint density at radius 3 is 2.38 bits per heavy atom. The Kier molecular flexibility index (Phi) is 6.39. The molecule has 1 amide bonds. The minimum Gasteiger partial charge on any atom is -0.451 e. The van der Waals surface area contributed by atoms with E-state index in [4.69, 9.17) is 4.74 Å². The van der Waals surface area contributed by atoms with Crippen LogP contribution in [0.4, 0.5) is 0 Å². The molecule has 0 spiro atoms. The van der Waals surface area contributed by atoms with Crippen LogP contribution in [0.15, 0.2) is 59.4 Å². The molecule has 0 unspecified atom stereocenters. The minimum atomic E-state index is -0.747. The topological polar surface area (TPSA) is 81.5 Å². The molecule has 0 aliphatic heterocycles. The Morgan fingerprint density at radius 2 is 1.69 bits per heavy atom. The van der Waals surface area contributed by atoms with Crippen LogP contribution in [0.3, 0.4) is 0 Å². The zero-order chi connectivity index (χ0) is 20.8. The van der Waals surface area contributed by atoms with E-state index in [0.717, 1.165) is 12.8 Å². The van der Waals surface area contributed by atoms with Gasteiger partial charge in [-0.2, -0.15) is 9.78 Å². The van der Waals surface area contributed by atoms with Crippen LogP contribution in [0.2, 0.25) is 0 Å². The number of para-hydroxylation sites is 1. The summed E-state index contributed by atoms with van der Waals surface area (Å²) < 4.78 is 6.40. The van der Waals surface area contributed by atoms with Gasteiger partial charge in [0.15, 0.2) is 12.3 Å². The number of likely N-dealkylation sites (N-methyl/N-ethyl adjacent to an activating group) is 1. The molecule has 0 aliphatic carbocycles. The Labute approximate surface area is 168 Å². The van der Waals surface area contributed by atoms with Crippen molar-refractivity contribution in [1.29, 1.82) is 0 Å². The maximum Gasteiger partial charge on any atom is 0.359 e. The van der Waals surface area contributed by atoms with Crippen LogP contribution in [0.5, 0.6) is 0 Å². The lowest BCUT2D eigenvalue weighted by molar-refractivity contribution is -0.133. The summed E-state index contributed by atoms with van der Waals surface area (Å²) in [7, 11) is 1.68. The summed E-state index contributed by atoms with van der Waals surface area (Å²) in [6.07, 6.45) is 1.85. The molecular weight excluding hydrogens is 370 g/mol. The van der Waals surface area contributed by atoms with Crippen LogP contribution < -0.4 is 5.56 Å². The largest absolute Gasteiger partial charge is 0.451 e. The van der Waals surface area contributed by atoms with Gasteiger partial charge in [-0.25, -0.2) is 4.79 Å². The molecule has 2 aromatic carbocycles.